The maximum absolute atomic E-state index is 13.0. The number of amides is 3. The van der Waals surface area contributed by atoms with Crippen molar-refractivity contribution in [1.29, 1.82) is 0 Å². The molecule has 1 saturated carbocycles. The molecule has 1 N–H and O–H groups in total. The molecule has 140 valence electrons. The van der Waals surface area contributed by atoms with Crippen molar-refractivity contribution in [3.05, 3.63) is 42.0 Å². The SMILES string of the molecule is O=C(NC[C@H]1CCCO1)c1ccccc1N1C(=O)[C@@H]2[C@H](C1=O)[C@H]1C=C[C@H]2C1. The lowest BCUT2D eigenvalue weighted by Gasteiger charge is -2.20. The van der Waals surface area contributed by atoms with E-state index in [9.17, 15) is 14.4 Å². The number of nitrogens with zero attached hydrogens (tertiary/aromatic N) is 1. The van der Waals surface area contributed by atoms with Gasteiger partial charge in [-0.05, 0) is 43.2 Å². The van der Waals surface area contributed by atoms with Gasteiger partial charge in [-0.15, -0.1) is 0 Å². The molecule has 5 rings (SSSR count). The van der Waals surface area contributed by atoms with Gasteiger partial charge < -0.3 is 10.1 Å². The summed E-state index contributed by atoms with van der Waals surface area (Å²) in [5, 5.41) is 2.89. The number of rotatable bonds is 4. The summed E-state index contributed by atoms with van der Waals surface area (Å²) in [5.74, 6) is -0.836. The zero-order valence-electron chi connectivity index (χ0n) is 15.0. The van der Waals surface area contributed by atoms with E-state index in [1.807, 2.05) is 0 Å². The topological polar surface area (TPSA) is 75.7 Å². The van der Waals surface area contributed by atoms with E-state index in [4.69, 9.17) is 4.74 Å². The minimum Gasteiger partial charge on any atom is -0.376 e. The Morgan fingerprint density at radius 2 is 1.81 bits per heavy atom. The van der Waals surface area contributed by atoms with E-state index in [-0.39, 0.29) is 47.5 Å². The van der Waals surface area contributed by atoms with Crippen LogP contribution < -0.4 is 10.2 Å². The average Bonchev–Trinajstić information content (AvgIpc) is 3.45. The van der Waals surface area contributed by atoms with Crippen LogP contribution in [0.4, 0.5) is 5.69 Å². The number of carbonyl (C=O) groups excluding carboxylic acids is 3. The number of fused-ring (bicyclic) bond motifs is 5. The van der Waals surface area contributed by atoms with Gasteiger partial charge in [-0.1, -0.05) is 24.3 Å². The molecule has 2 bridgehead atoms. The van der Waals surface area contributed by atoms with Gasteiger partial charge in [0.1, 0.15) is 0 Å². The molecular weight excluding hydrogens is 344 g/mol. The third-order valence-electron chi connectivity index (χ3n) is 6.37. The fraction of sp³-hybridized carbons (Fsp3) is 0.476. The summed E-state index contributed by atoms with van der Waals surface area (Å²) in [6.07, 6.45) is 7.01. The van der Waals surface area contributed by atoms with Crippen LogP contribution in [0.1, 0.15) is 29.6 Å². The maximum atomic E-state index is 13.0. The molecule has 27 heavy (non-hydrogen) atoms. The van der Waals surface area contributed by atoms with Gasteiger partial charge in [-0.2, -0.15) is 0 Å². The molecule has 2 saturated heterocycles. The maximum Gasteiger partial charge on any atom is 0.253 e. The van der Waals surface area contributed by atoms with Crippen molar-refractivity contribution in [3.63, 3.8) is 0 Å². The molecule has 3 amide bonds. The number of imide groups is 1. The number of hydrogen-bond acceptors (Lipinski definition) is 4. The minimum atomic E-state index is -0.278. The fourth-order valence-electron chi connectivity index (χ4n) is 5.11. The second kappa shape index (κ2) is 6.30. The zero-order chi connectivity index (χ0) is 18.5. The zero-order valence-corrected chi connectivity index (χ0v) is 15.0. The number of carbonyl (C=O) groups is 3. The summed E-state index contributed by atoms with van der Waals surface area (Å²) in [6, 6.07) is 6.87. The normalized spacial score (nSPS) is 33.8. The lowest BCUT2D eigenvalue weighted by Crippen LogP contribution is -2.36. The molecule has 5 atom stereocenters. The van der Waals surface area contributed by atoms with Gasteiger partial charge in [0.2, 0.25) is 11.8 Å². The standard InChI is InChI=1S/C21H22N2O4/c24-19(22-11-14-4-3-9-27-14)15-5-1-2-6-16(15)23-20(25)17-12-7-8-13(10-12)18(17)21(23)26/h1-2,5-8,12-14,17-18H,3-4,9-11H2,(H,22,24)/t12-,13-,14+,17-,18+/m0/s1. The molecule has 0 spiro atoms. The highest BCUT2D eigenvalue weighted by Gasteiger charge is 2.59. The highest BCUT2D eigenvalue weighted by Crippen LogP contribution is 2.53. The number of ether oxygens (including phenoxy) is 1. The minimum absolute atomic E-state index is 0.0391. The molecule has 0 unspecified atom stereocenters. The number of anilines is 1. The Morgan fingerprint density at radius 3 is 2.48 bits per heavy atom. The number of para-hydroxylation sites is 1. The Balaban J connectivity index is 1.40. The molecular formula is C21H22N2O4. The van der Waals surface area contributed by atoms with E-state index in [1.54, 1.807) is 24.3 Å². The van der Waals surface area contributed by atoms with E-state index < -0.39 is 0 Å². The first-order chi connectivity index (χ1) is 13.1. The largest absolute Gasteiger partial charge is 0.376 e. The third kappa shape index (κ3) is 2.54. The molecule has 2 aliphatic carbocycles. The number of benzene rings is 1. The molecule has 3 fully saturated rings. The van der Waals surface area contributed by atoms with E-state index in [0.717, 1.165) is 25.9 Å². The molecule has 2 aliphatic heterocycles. The Morgan fingerprint density at radius 1 is 1.11 bits per heavy atom. The predicted octanol–water partition coefficient (Wildman–Crippen LogP) is 1.91. The van der Waals surface area contributed by atoms with Crippen LogP contribution in [-0.4, -0.2) is 37.0 Å². The van der Waals surface area contributed by atoms with Gasteiger partial charge in [0.05, 0.1) is 29.2 Å². The van der Waals surface area contributed by atoms with Gasteiger partial charge in [-0.3, -0.25) is 14.4 Å². The summed E-state index contributed by atoms with van der Waals surface area (Å²) < 4.78 is 5.54. The fourth-order valence-corrected chi connectivity index (χ4v) is 5.11. The Kier molecular flexibility index (Phi) is 3.90. The quantitative estimate of drug-likeness (QED) is 0.652. The Labute approximate surface area is 157 Å². The first kappa shape index (κ1) is 16.7. The smallest absolute Gasteiger partial charge is 0.253 e. The number of nitrogens with one attached hydrogen (secondary N) is 1. The lowest BCUT2D eigenvalue weighted by atomic mass is 9.85. The van der Waals surface area contributed by atoms with Crippen molar-refractivity contribution in [2.75, 3.05) is 18.1 Å². The number of allylic oxidation sites excluding steroid dienone is 2. The van der Waals surface area contributed by atoms with Crippen LogP contribution in [0.2, 0.25) is 0 Å². The van der Waals surface area contributed by atoms with Crippen LogP contribution in [0.15, 0.2) is 36.4 Å². The van der Waals surface area contributed by atoms with Crippen LogP contribution in [0.5, 0.6) is 0 Å². The first-order valence-electron chi connectivity index (χ1n) is 9.70. The molecule has 1 aromatic carbocycles. The molecule has 6 nitrogen and oxygen atoms in total. The Bertz CT molecular complexity index is 812. The van der Waals surface area contributed by atoms with E-state index in [1.165, 1.54) is 4.90 Å². The van der Waals surface area contributed by atoms with Crippen molar-refractivity contribution in [2.45, 2.75) is 25.4 Å². The van der Waals surface area contributed by atoms with Crippen molar-refractivity contribution < 1.29 is 19.1 Å². The van der Waals surface area contributed by atoms with Gasteiger partial charge >= 0.3 is 0 Å². The third-order valence-corrected chi connectivity index (χ3v) is 6.37. The Hall–Kier alpha value is -2.47. The molecule has 1 aromatic rings. The average molecular weight is 366 g/mol. The van der Waals surface area contributed by atoms with Gasteiger partial charge in [-0.25, -0.2) is 4.90 Å². The summed E-state index contributed by atoms with van der Waals surface area (Å²) >= 11 is 0. The predicted molar refractivity (Wildman–Crippen MR) is 98.0 cm³/mol. The molecule has 0 radical (unpaired) electrons. The van der Waals surface area contributed by atoms with Crippen molar-refractivity contribution >= 4 is 23.4 Å². The molecule has 6 heteroatoms. The lowest BCUT2D eigenvalue weighted by molar-refractivity contribution is -0.123. The summed E-state index contributed by atoms with van der Waals surface area (Å²) in [5.41, 5.74) is 0.753. The van der Waals surface area contributed by atoms with Crippen molar-refractivity contribution in [3.8, 4) is 0 Å². The van der Waals surface area contributed by atoms with Crippen LogP contribution in [0.3, 0.4) is 0 Å². The summed E-state index contributed by atoms with van der Waals surface area (Å²) in [7, 11) is 0. The molecule has 2 heterocycles. The first-order valence-corrected chi connectivity index (χ1v) is 9.70. The van der Waals surface area contributed by atoms with Crippen LogP contribution in [0, 0.1) is 23.7 Å². The highest BCUT2D eigenvalue weighted by atomic mass is 16.5. The van der Waals surface area contributed by atoms with E-state index >= 15 is 0 Å². The summed E-state index contributed by atoms with van der Waals surface area (Å²) in [4.78, 5) is 40.1. The number of hydrogen-bond donors (Lipinski definition) is 1. The van der Waals surface area contributed by atoms with Crippen LogP contribution in [0.25, 0.3) is 0 Å². The van der Waals surface area contributed by atoms with Crippen molar-refractivity contribution in [2.24, 2.45) is 23.7 Å². The van der Waals surface area contributed by atoms with Crippen LogP contribution >= 0.6 is 0 Å². The van der Waals surface area contributed by atoms with E-state index in [0.29, 0.717) is 17.8 Å². The molecule has 4 aliphatic rings. The van der Waals surface area contributed by atoms with Gasteiger partial charge in [0.15, 0.2) is 0 Å². The monoisotopic (exact) mass is 366 g/mol. The highest BCUT2D eigenvalue weighted by molar-refractivity contribution is 6.24. The van der Waals surface area contributed by atoms with Gasteiger partial charge in [0, 0.05) is 13.2 Å². The van der Waals surface area contributed by atoms with Crippen molar-refractivity contribution in [1.82, 2.24) is 5.32 Å². The second-order valence-corrected chi connectivity index (χ2v) is 7.87. The van der Waals surface area contributed by atoms with Gasteiger partial charge in [0.25, 0.3) is 5.91 Å². The second-order valence-electron chi connectivity index (χ2n) is 7.87. The van der Waals surface area contributed by atoms with Crippen LogP contribution in [-0.2, 0) is 14.3 Å². The molecule has 0 aromatic heterocycles. The summed E-state index contributed by atoms with van der Waals surface area (Å²) in [6.45, 7) is 1.17. The van der Waals surface area contributed by atoms with E-state index in [2.05, 4.69) is 17.5 Å².